The quantitative estimate of drug-likeness (QED) is 0.682. The number of aromatic amines is 1. The number of amides is 1. The number of carbonyl (C=O) groups excluding carboxylic acids is 1. The summed E-state index contributed by atoms with van der Waals surface area (Å²) < 4.78 is 1.56. The highest BCUT2D eigenvalue weighted by Crippen LogP contribution is 2.24. The Labute approximate surface area is 131 Å². The predicted molar refractivity (Wildman–Crippen MR) is 82.3 cm³/mol. The lowest BCUT2D eigenvalue weighted by molar-refractivity contribution is -0.661. The lowest BCUT2D eigenvalue weighted by Gasteiger charge is -2.04. The number of benzene rings is 1. The van der Waals surface area contributed by atoms with Crippen molar-refractivity contribution >= 4 is 48.7 Å². The smallest absolute Gasteiger partial charge is 0.274 e. The van der Waals surface area contributed by atoms with Gasteiger partial charge in [-0.05, 0) is 28.1 Å². The number of carbonyl (C=O) groups is 1. The summed E-state index contributed by atoms with van der Waals surface area (Å²) in [6, 6.07) is 3.57. The first kappa shape index (κ1) is 15.1. The van der Waals surface area contributed by atoms with Gasteiger partial charge >= 0.3 is 0 Å². The Kier molecular flexibility index (Phi) is 4.90. The van der Waals surface area contributed by atoms with Gasteiger partial charge in [-0.25, -0.2) is 4.98 Å². The molecule has 2 aromatic rings. The lowest BCUT2D eigenvalue weighted by atomic mass is 10.2. The zero-order chi connectivity index (χ0) is 14.7. The molecule has 1 heterocycles. The molecule has 1 aromatic carbocycles. The average molecular weight is 405 g/mol. The largest absolute Gasteiger partial charge is 0.354 e. The van der Waals surface area contributed by atoms with E-state index in [4.69, 9.17) is 0 Å². The van der Waals surface area contributed by atoms with Gasteiger partial charge in [-0.2, -0.15) is 0 Å². The molecule has 0 spiro atoms. The molecular weight excluding hydrogens is 392 g/mol. The van der Waals surface area contributed by atoms with Gasteiger partial charge in [0.1, 0.15) is 6.54 Å². The second kappa shape index (κ2) is 6.47. The molecule has 0 aliphatic rings. The van der Waals surface area contributed by atoms with E-state index in [9.17, 15) is 9.59 Å². The summed E-state index contributed by atoms with van der Waals surface area (Å²) in [5.41, 5.74) is 0.417. The van der Waals surface area contributed by atoms with Crippen LogP contribution in [0.4, 0.5) is 0 Å². The number of rotatable bonds is 4. The van der Waals surface area contributed by atoms with E-state index < -0.39 is 0 Å². The molecule has 0 atom stereocenters. The first-order chi connectivity index (χ1) is 9.51. The van der Waals surface area contributed by atoms with Gasteiger partial charge < -0.3 is 15.6 Å². The predicted octanol–water partition coefficient (Wildman–Crippen LogP) is 0.257. The van der Waals surface area contributed by atoms with Crippen LogP contribution in [0.25, 0.3) is 10.9 Å². The SMILES string of the molecule is CNC(=O)C[NH2+]Cc1nc2c(Br)cc(Br)cc2c(=O)[nH]1. The molecule has 4 N–H and O–H groups in total. The molecule has 1 amide bonds. The molecule has 0 aliphatic carbocycles. The third kappa shape index (κ3) is 3.44. The minimum absolute atomic E-state index is 0.0711. The highest BCUT2D eigenvalue weighted by atomic mass is 79.9. The van der Waals surface area contributed by atoms with Crippen LogP contribution in [-0.2, 0) is 11.3 Å². The fourth-order valence-corrected chi connectivity index (χ4v) is 3.07. The van der Waals surface area contributed by atoms with Gasteiger partial charge in [0.2, 0.25) is 0 Å². The number of nitrogens with two attached hydrogens (primary N) is 1. The van der Waals surface area contributed by atoms with E-state index in [-0.39, 0.29) is 11.5 Å². The maximum Gasteiger partial charge on any atom is 0.274 e. The number of halogens is 2. The van der Waals surface area contributed by atoms with Crippen molar-refractivity contribution in [2.45, 2.75) is 6.54 Å². The minimum Gasteiger partial charge on any atom is -0.354 e. The van der Waals surface area contributed by atoms with Gasteiger partial charge in [-0.3, -0.25) is 9.59 Å². The molecule has 0 saturated carbocycles. The van der Waals surface area contributed by atoms with Gasteiger partial charge in [0.15, 0.2) is 12.4 Å². The summed E-state index contributed by atoms with van der Waals surface area (Å²) >= 11 is 6.74. The van der Waals surface area contributed by atoms with Crippen molar-refractivity contribution in [2.24, 2.45) is 0 Å². The summed E-state index contributed by atoms with van der Waals surface area (Å²) in [6.45, 7) is 0.723. The van der Waals surface area contributed by atoms with Crippen LogP contribution in [0, 0.1) is 0 Å². The molecule has 2 rings (SSSR count). The van der Waals surface area contributed by atoms with Gasteiger partial charge in [-0.15, -0.1) is 0 Å². The molecular formula is C12H13Br2N4O2+. The Bertz CT molecular complexity index is 714. The fraction of sp³-hybridized carbons (Fsp3) is 0.250. The van der Waals surface area contributed by atoms with Crippen molar-refractivity contribution in [3.8, 4) is 0 Å². The summed E-state index contributed by atoms with van der Waals surface area (Å²) in [5, 5.41) is 4.82. The topological polar surface area (TPSA) is 91.5 Å². The van der Waals surface area contributed by atoms with Gasteiger partial charge in [0, 0.05) is 16.0 Å². The number of fused-ring (bicyclic) bond motifs is 1. The minimum atomic E-state index is -0.194. The molecule has 0 saturated heterocycles. The van der Waals surface area contributed by atoms with Gasteiger partial charge in [0.05, 0.1) is 10.9 Å². The first-order valence-electron chi connectivity index (χ1n) is 5.91. The molecule has 8 heteroatoms. The number of hydrogen-bond acceptors (Lipinski definition) is 3. The zero-order valence-corrected chi connectivity index (χ0v) is 13.8. The van der Waals surface area contributed by atoms with Crippen LogP contribution in [0.2, 0.25) is 0 Å². The second-order valence-electron chi connectivity index (χ2n) is 4.17. The molecule has 6 nitrogen and oxygen atoms in total. The van der Waals surface area contributed by atoms with Crippen molar-refractivity contribution in [2.75, 3.05) is 13.6 Å². The second-order valence-corrected chi connectivity index (χ2v) is 5.94. The number of likely N-dealkylation sites (N-methyl/N-ethyl adjacent to an activating group) is 1. The van der Waals surface area contributed by atoms with E-state index in [1.165, 1.54) is 0 Å². The third-order valence-electron chi connectivity index (χ3n) is 2.72. The van der Waals surface area contributed by atoms with Gasteiger partial charge in [-0.1, -0.05) is 15.9 Å². The number of quaternary nitrogens is 1. The number of nitrogens with one attached hydrogen (secondary N) is 2. The maximum absolute atomic E-state index is 12.0. The van der Waals surface area contributed by atoms with Crippen LogP contribution < -0.4 is 16.2 Å². The number of nitrogens with zero attached hydrogens (tertiary/aromatic N) is 1. The van der Waals surface area contributed by atoms with Crippen LogP contribution in [0.3, 0.4) is 0 Å². The van der Waals surface area contributed by atoms with E-state index in [1.54, 1.807) is 18.4 Å². The standard InChI is InChI=1S/C12H12Br2N4O2/c1-15-10(19)5-16-4-9-17-11-7(12(20)18-9)2-6(13)3-8(11)14/h2-3,16H,4-5H2,1H3,(H,15,19)(H,17,18,20)/p+1. The highest BCUT2D eigenvalue weighted by Gasteiger charge is 2.10. The van der Waals surface area contributed by atoms with Crippen molar-refractivity contribution in [1.82, 2.24) is 15.3 Å². The van der Waals surface area contributed by atoms with E-state index in [2.05, 4.69) is 47.1 Å². The molecule has 20 heavy (non-hydrogen) atoms. The van der Waals surface area contributed by atoms with E-state index in [1.807, 2.05) is 6.07 Å². The lowest BCUT2D eigenvalue weighted by Crippen LogP contribution is -2.85. The Morgan fingerprint density at radius 3 is 2.90 bits per heavy atom. The summed E-state index contributed by atoms with van der Waals surface area (Å²) in [7, 11) is 1.58. The van der Waals surface area contributed by atoms with Crippen molar-refractivity contribution in [3.05, 3.63) is 37.3 Å². The summed E-state index contributed by atoms with van der Waals surface area (Å²) in [4.78, 5) is 30.3. The van der Waals surface area contributed by atoms with Crippen LogP contribution in [0.1, 0.15) is 5.82 Å². The van der Waals surface area contributed by atoms with Crippen LogP contribution in [-0.4, -0.2) is 29.5 Å². The molecule has 0 aliphatic heterocycles. The highest BCUT2D eigenvalue weighted by molar-refractivity contribution is 9.11. The molecule has 106 valence electrons. The summed E-state index contributed by atoms with van der Waals surface area (Å²) in [5.74, 6) is 0.465. The third-order valence-corrected chi connectivity index (χ3v) is 3.79. The molecule has 0 bridgehead atoms. The first-order valence-corrected chi connectivity index (χ1v) is 7.50. The molecule has 0 radical (unpaired) electrons. The molecule has 1 aromatic heterocycles. The fourth-order valence-electron chi connectivity index (χ4n) is 1.75. The molecule has 0 fully saturated rings. The maximum atomic E-state index is 12.0. The van der Waals surface area contributed by atoms with Crippen LogP contribution in [0.15, 0.2) is 25.9 Å². The van der Waals surface area contributed by atoms with E-state index in [0.29, 0.717) is 29.8 Å². The Morgan fingerprint density at radius 2 is 2.20 bits per heavy atom. The zero-order valence-electron chi connectivity index (χ0n) is 10.7. The Balaban J connectivity index is 2.28. The molecule has 0 unspecified atom stereocenters. The van der Waals surface area contributed by atoms with E-state index in [0.717, 1.165) is 8.95 Å². The number of hydrogen-bond donors (Lipinski definition) is 3. The average Bonchev–Trinajstić information content (AvgIpc) is 2.40. The van der Waals surface area contributed by atoms with E-state index >= 15 is 0 Å². The number of aromatic nitrogens is 2. The van der Waals surface area contributed by atoms with Crippen molar-refractivity contribution in [1.29, 1.82) is 0 Å². The van der Waals surface area contributed by atoms with Gasteiger partial charge in [0.25, 0.3) is 11.5 Å². The van der Waals surface area contributed by atoms with Crippen molar-refractivity contribution in [3.63, 3.8) is 0 Å². The normalized spacial score (nSPS) is 10.8. The number of H-pyrrole nitrogens is 1. The Morgan fingerprint density at radius 1 is 1.45 bits per heavy atom. The summed E-state index contributed by atoms with van der Waals surface area (Å²) in [6.07, 6.45) is 0. The van der Waals surface area contributed by atoms with Crippen LogP contribution in [0.5, 0.6) is 0 Å². The Hall–Kier alpha value is -1.25. The van der Waals surface area contributed by atoms with Crippen LogP contribution >= 0.6 is 31.9 Å². The van der Waals surface area contributed by atoms with Crippen molar-refractivity contribution < 1.29 is 10.1 Å². The monoisotopic (exact) mass is 403 g/mol.